The molecular formula is C24H23N3O2. The lowest BCUT2D eigenvalue weighted by Crippen LogP contribution is -2.20. The number of amides is 2. The zero-order valence-electron chi connectivity index (χ0n) is 16.1. The van der Waals surface area contributed by atoms with Gasteiger partial charge in [-0.25, -0.2) is 0 Å². The third-order valence-electron chi connectivity index (χ3n) is 5.27. The molecule has 4 rings (SSSR count). The molecule has 1 heterocycles. The Morgan fingerprint density at radius 2 is 1.41 bits per heavy atom. The molecule has 1 aliphatic rings. The average Bonchev–Trinajstić information content (AvgIpc) is 3.16. The molecule has 0 saturated heterocycles. The van der Waals surface area contributed by atoms with E-state index in [9.17, 15) is 9.59 Å². The van der Waals surface area contributed by atoms with Gasteiger partial charge in [0, 0.05) is 25.3 Å². The molecule has 0 radical (unpaired) electrons. The Balaban J connectivity index is 1.34. The van der Waals surface area contributed by atoms with E-state index in [2.05, 4.69) is 34.5 Å². The third kappa shape index (κ3) is 4.36. The maximum Gasteiger partial charge on any atom is 0.256 e. The minimum atomic E-state index is -0.616. The highest BCUT2D eigenvalue weighted by Crippen LogP contribution is 2.22. The molecule has 0 spiro atoms. The number of nitrogens with one attached hydrogen (secondary N) is 1. The Hall–Kier alpha value is -3.44. The number of hydrogen-bond acceptors (Lipinski definition) is 3. The third-order valence-corrected chi connectivity index (χ3v) is 5.27. The van der Waals surface area contributed by atoms with Crippen LogP contribution in [0.25, 0.3) is 0 Å². The SMILES string of the molecule is NC(=O)c1ccccc1C(=O)Nc1ccc(CCN2Cc3ccccc3C2)cc1. The Bertz CT molecular complexity index is 1020. The molecule has 3 N–H and O–H groups in total. The molecule has 2 amide bonds. The molecule has 0 saturated carbocycles. The molecule has 1 aliphatic heterocycles. The summed E-state index contributed by atoms with van der Waals surface area (Å²) in [7, 11) is 0. The maximum absolute atomic E-state index is 12.5. The van der Waals surface area contributed by atoms with Gasteiger partial charge in [-0.05, 0) is 47.4 Å². The number of carbonyl (C=O) groups is 2. The van der Waals surface area contributed by atoms with Crippen molar-refractivity contribution in [3.05, 3.63) is 101 Å². The molecule has 0 fully saturated rings. The predicted molar refractivity (Wildman–Crippen MR) is 114 cm³/mol. The van der Waals surface area contributed by atoms with Crippen molar-refractivity contribution in [2.45, 2.75) is 19.5 Å². The fraction of sp³-hybridized carbons (Fsp3) is 0.167. The molecule has 0 atom stereocenters. The molecule has 3 aromatic carbocycles. The van der Waals surface area contributed by atoms with Gasteiger partial charge in [-0.15, -0.1) is 0 Å². The summed E-state index contributed by atoms with van der Waals surface area (Å²) in [5.41, 5.74) is 10.6. The number of hydrogen-bond donors (Lipinski definition) is 2. The molecule has 29 heavy (non-hydrogen) atoms. The number of nitrogens with zero attached hydrogens (tertiary/aromatic N) is 1. The summed E-state index contributed by atoms with van der Waals surface area (Å²) in [6.07, 6.45) is 0.951. The summed E-state index contributed by atoms with van der Waals surface area (Å²) >= 11 is 0. The van der Waals surface area contributed by atoms with Crippen LogP contribution in [0, 0.1) is 0 Å². The van der Waals surface area contributed by atoms with Gasteiger partial charge in [0.1, 0.15) is 0 Å². The Morgan fingerprint density at radius 3 is 2.03 bits per heavy atom. The average molecular weight is 385 g/mol. The molecule has 146 valence electrons. The van der Waals surface area contributed by atoms with Gasteiger partial charge in [0.15, 0.2) is 0 Å². The Morgan fingerprint density at radius 1 is 0.828 bits per heavy atom. The number of benzene rings is 3. The van der Waals surface area contributed by atoms with E-state index in [4.69, 9.17) is 5.73 Å². The van der Waals surface area contributed by atoms with Crippen molar-refractivity contribution in [2.75, 3.05) is 11.9 Å². The molecule has 0 bridgehead atoms. The monoisotopic (exact) mass is 385 g/mol. The first-order chi connectivity index (χ1) is 14.1. The van der Waals surface area contributed by atoms with Crippen LogP contribution in [0.3, 0.4) is 0 Å². The summed E-state index contributed by atoms with van der Waals surface area (Å²) in [5.74, 6) is -0.961. The fourth-order valence-corrected chi connectivity index (χ4v) is 3.70. The molecule has 0 aromatic heterocycles. The molecule has 5 nitrogen and oxygen atoms in total. The lowest BCUT2D eigenvalue weighted by atomic mass is 10.1. The van der Waals surface area contributed by atoms with Crippen LogP contribution in [-0.4, -0.2) is 23.3 Å². The highest BCUT2D eigenvalue weighted by atomic mass is 16.2. The van der Waals surface area contributed by atoms with Gasteiger partial charge in [0.05, 0.1) is 11.1 Å². The predicted octanol–water partition coefficient (Wildman–Crippen LogP) is 3.60. The van der Waals surface area contributed by atoms with E-state index in [0.29, 0.717) is 5.69 Å². The molecule has 5 heteroatoms. The Kier molecular flexibility index (Phi) is 5.40. The van der Waals surface area contributed by atoms with Crippen molar-refractivity contribution in [3.63, 3.8) is 0 Å². The van der Waals surface area contributed by atoms with E-state index in [-0.39, 0.29) is 17.0 Å². The largest absolute Gasteiger partial charge is 0.366 e. The normalized spacial score (nSPS) is 13.1. The van der Waals surface area contributed by atoms with Gasteiger partial charge in [-0.1, -0.05) is 48.5 Å². The quantitative estimate of drug-likeness (QED) is 0.681. The van der Waals surface area contributed by atoms with Crippen molar-refractivity contribution in [2.24, 2.45) is 5.73 Å². The van der Waals surface area contributed by atoms with Gasteiger partial charge < -0.3 is 11.1 Å². The van der Waals surface area contributed by atoms with E-state index >= 15 is 0 Å². The van der Waals surface area contributed by atoms with Gasteiger partial charge in [0.25, 0.3) is 5.91 Å². The van der Waals surface area contributed by atoms with Crippen LogP contribution in [0.5, 0.6) is 0 Å². The first-order valence-electron chi connectivity index (χ1n) is 9.68. The molecular weight excluding hydrogens is 362 g/mol. The van der Waals surface area contributed by atoms with E-state index in [1.54, 1.807) is 24.3 Å². The van der Waals surface area contributed by atoms with Crippen molar-refractivity contribution < 1.29 is 9.59 Å². The van der Waals surface area contributed by atoms with E-state index < -0.39 is 5.91 Å². The van der Waals surface area contributed by atoms with Crippen LogP contribution in [-0.2, 0) is 19.5 Å². The Labute approximate surface area is 170 Å². The van der Waals surface area contributed by atoms with E-state index in [1.165, 1.54) is 16.7 Å². The number of carbonyl (C=O) groups excluding carboxylic acids is 2. The lowest BCUT2D eigenvalue weighted by Gasteiger charge is -2.15. The second kappa shape index (κ2) is 8.29. The van der Waals surface area contributed by atoms with Crippen LogP contribution >= 0.6 is 0 Å². The smallest absolute Gasteiger partial charge is 0.256 e. The van der Waals surface area contributed by atoms with Crippen LogP contribution < -0.4 is 11.1 Å². The van der Waals surface area contributed by atoms with Gasteiger partial charge in [-0.3, -0.25) is 14.5 Å². The molecule has 0 unspecified atom stereocenters. The fourth-order valence-electron chi connectivity index (χ4n) is 3.70. The number of anilines is 1. The number of nitrogens with two attached hydrogens (primary N) is 1. The standard InChI is InChI=1S/C24H23N3O2/c25-23(28)21-7-3-4-8-22(21)24(29)26-20-11-9-17(10-12-20)13-14-27-15-18-5-1-2-6-19(18)16-27/h1-12H,13-16H2,(H2,25,28)(H,26,29). The van der Waals surface area contributed by atoms with Crippen LogP contribution in [0.15, 0.2) is 72.8 Å². The van der Waals surface area contributed by atoms with Crippen LogP contribution in [0.2, 0.25) is 0 Å². The molecule has 3 aromatic rings. The summed E-state index contributed by atoms with van der Waals surface area (Å²) in [6, 6.07) is 23.0. The second-order valence-electron chi connectivity index (χ2n) is 7.29. The highest BCUT2D eigenvalue weighted by molar-refractivity contribution is 6.11. The van der Waals surface area contributed by atoms with Crippen molar-refractivity contribution in [1.29, 1.82) is 0 Å². The van der Waals surface area contributed by atoms with Crippen molar-refractivity contribution in [1.82, 2.24) is 4.90 Å². The van der Waals surface area contributed by atoms with Crippen molar-refractivity contribution in [3.8, 4) is 0 Å². The first kappa shape index (κ1) is 18.9. The minimum Gasteiger partial charge on any atom is -0.366 e. The van der Waals surface area contributed by atoms with Crippen LogP contribution in [0.4, 0.5) is 5.69 Å². The number of rotatable bonds is 6. The topological polar surface area (TPSA) is 75.4 Å². The van der Waals surface area contributed by atoms with Gasteiger partial charge in [-0.2, -0.15) is 0 Å². The summed E-state index contributed by atoms with van der Waals surface area (Å²) in [4.78, 5) is 26.5. The zero-order valence-corrected chi connectivity index (χ0v) is 16.1. The summed E-state index contributed by atoms with van der Waals surface area (Å²) in [5, 5.41) is 2.83. The zero-order chi connectivity index (χ0) is 20.2. The summed E-state index contributed by atoms with van der Waals surface area (Å²) < 4.78 is 0. The second-order valence-corrected chi connectivity index (χ2v) is 7.29. The lowest BCUT2D eigenvalue weighted by molar-refractivity contribution is 0.0977. The first-order valence-corrected chi connectivity index (χ1v) is 9.68. The van der Waals surface area contributed by atoms with Gasteiger partial charge >= 0.3 is 0 Å². The number of fused-ring (bicyclic) bond motifs is 1. The highest BCUT2D eigenvalue weighted by Gasteiger charge is 2.18. The van der Waals surface area contributed by atoms with Gasteiger partial charge in [0.2, 0.25) is 5.91 Å². The maximum atomic E-state index is 12.5. The van der Waals surface area contributed by atoms with E-state index in [0.717, 1.165) is 26.1 Å². The minimum absolute atomic E-state index is 0.216. The van der Waals surface area contributed by atoms with Crippen molar-refractivity contribution >= 4 is 17.5 Å². The summed E-state index contributed by atoms with van der Waals surface area (Å²) in [6.45, 7) is 3.00. The molecule has 0 aliphatic carbocycles. The van der Waals surface area contributed by atoms with E-state index in [1.807, 2.05) is 24.3 Å². The number of primary amides is 1. The van der Waals surface area contributed by atoms with Crippen LogP contribution in [0.1, 0.15) is 37.4 Å².